The molecule has 1 heterocycles. The Morgan fingerprint density at radius 1 is 1.21 bits per heavy atom. The van der Waals surface area contributed by atoms with Crippen LogP contribution in [0.5, 0.6) is 0 Å². The first-order valence-electron chi connectivity index (χ1n) is 9.50. The first-order chi connectivity index (χ1) is 13.4. The number of Topliss-reactive ketones (excluding diaryl/α,β-unsaturated/α-hetero) is 2. The standard InChI is InChI=1S/C12H15N3.C10H12O3/c1-14-6-8-15(9-7-14)12-5-3-2-4-11(12)10-13;1-3-10(6-11)5-8(12)4-7(2)9(10)13/h2-5H,6-9H2,1H3;6H,2-5H2,1H3. The third-order valence-electron chi connectivity index (χ3n) is 5.42. The van der Waals surface area contributed by atoms with Crippen LogP contribution in [0.2, 0.25) is 0 Å². The molecule has 148 valence electrons. The van der Waals surface area contributed by atoms with Crippen LogP contribution in [-0.4, -0.2) is 56.0 Å². The van der Waals surface area contributed by atoms with E-state index in [1.165, 1.54) is 0 Å². The molecule has 0 spiro atoms. The second-order valence-corrected chi connectivity index (χ2v) is 7.37. The quantitative estimate of drug-likeness (QED) is 0.454. The molecular formula is C22H27N3O3. The summed E-state index contributed by atoms with van der Waals surface area (Å²) in [5.41, 5.74) is 1.02. The Hall–Kier alpha value is -2.78. The summed E-state index contributed by atoms with van der Waals surface area (Å²) in [4.78, 5) is 38.2. The molecule has 6 heteroatoms. The van der Waals surface area contributed by atoms with Crippen LogP contribution in [0.15, 0.2) is 36.4 Å². The highest BCUT2D eigenvalue weighted by Crippen LogP contribution is 2.34. The highest BCUT2D eigenvalue weighted by molar-refractivity contribution is 6.15. The Labute approximate surface area is 166 Å². The number of para-hydroxylation sites is 1. The van der Waals surface area contributed by atoms with Crippen molar-refractivity contribution in [3.63, 3.8) is 0 Å². The third kappa shape index (κ3) is 4.73. The molecule has 0 bridgehead atoms. The van der Waals surface area contributed by atoms with Gasteiger partial charge in [-0.2, -0.15) is 5.26 Å². The smallest absolute Gasteiger partial charge is 0.172 e. The van der Waals surface area contributed by atoms with E-state index in [-0.39, 0.29) is 30.0 Å². The molecular weight excluding hydrogens is 354 g/mol. The van der Waals surface area contributed by atoms with Crippen molar-refractivity contribution in [1.29, 1.82) is 5.26 Å². The predicted octanol–water partition coefficient (Wildman–Crippen LogP) is 2.38. The number of hydrogen-bond donors (Lipinski definition) is 0. The van der Waals surface area contributed by atoms with Gasteiger partial charge in [0.05, 0.1) is 16.7 Å². The molecule has 0 amide bonds. The third-order valence-corrected chi connectivity index (χ3v) is 5.42. The summed E-state index contributed by atoms with van der Waals surface area (Å²) in [6.07, 6.45) is 1.12. The first kappa shape index (κ1) is 21.5. The molecule has 1 aliphatic heterocycles. The number of allylic oxidation sites excluding steroid dienone is 1. The van der Waals surface area contributed by atoms with Crippen LogP contribution in [0.25, 0.3) is 0 Å². The number of hydrogen-bond acceptors (Lipinski definition) is 6. The Morgan fingerprint density at radius 2 is 1.86 bits per heavy atom. The number of anilines is 1. The maximum atomic E-state index is 11.6. The number of ketones is 2. The van der Waals surface area contributed by atoms with Crippen molar-refractivity contribution in [2.24, 2.45) is 5.41 Å². The van der Waals surface area contributed by atoms with Gasteiger partial charge < -0.3 is 14.6 Å². The Morgan fingerprint density at radius 3 is 2.43 bits per heavy atom. The summed E-state index contributed by atoms with van der Waals surface area (Å²) in [7, 11) is 2.13. The van der Waals surface area contributed by atoms with E-state index >= 15 is 0 Å². The van der Waals surface area contributed by atoms with Gasteiger partial charge in [0.25, 0.3) is 0 Å². The summed E-state index contributed by atoms with van der Waals surface area (Å²) in [5.74, 6) is -0.330. The second-order valence-electron chi connectivity index (χ2n) is 7.37. The van der Waals surface area contributed by atoms with Gasteiger partial charge in [0.2, 0.25) is 0 Å². The van der Waals surface area contributed by atoms with Crippen molar-refractivity contribution in [3.05, 3.63) is 42.0 Å². The van der Waals surface area contributed by atoms with E-state index in [1.54, 1.807) is 6.92 Å². The largest absolute Gasteiger partial charge is 0.368 e. The van der Waals surface area contributed by atoms with Crippen LogP contribution in [0.4, 0.5) is 5.69 Å². The van der Waals surface area contributed by atoms with E-state index in [2.05, 4.69) is 29.5 Å². The van der Waals surface area contributed by atoms with E-state index in [4.69, 9.17) is 5.26 Å². The van der Waals surface area contributed by atoms with Gasteiger partial charge >= 0.3 is 0 Å². The molecule has 1 saturated carbocycles. The Kier molecular flexibility index (Phi) is 7.24. The molecule has 1 unspecified atom stereocenters. The van der Waals surface area contributed by atoms with Gasteiger partial charge in [-0.3, -0.25) is 9.59 Å². The number of benzene rings is 1. The zero-order chi connectivity index (χ0) is 20.7. The molecule has 0 radical (unpaired) electrons. The van der Waals surface area contributed by atoms with Gasteiger partial charge in [0.1, 0.15) is 18.1 Å². The monoisotopic (exact) mass is 381 g/mol. The van der Waals surface area contributed by atoms with Crippen LogP contribution in [0, 0.1) is 16.7 Å². The molecule has 1 saturated heterocycles. The van der Waals surface area contributed by atoms with E-state index in [0.29, 0.717) is 12.7 Å². The van der Waals surface area contributed by atoms with Crippen LogP contribution in [0.1, 0.15) is 31.7 Å². The Bertz CT molecular complexity index is 803. The topological polar surface area (TPSA) is 81.5 Å². The number of rotatable bonds is 3. The van der Waals surface area contributed by atoms with Crippen LogP contribution in [0.3, 0.4) is 0 Å². The lowest BCUT2D eigenvalue weighted by Gasteiger charge is -2.34. The van der Waals surface area contributed by atoms with Crippen molar-refractivity contribution in [2.75, 3.05) is 38.1 Å². The summed E-state index contributed by atoms with van der Waals surface area (Å²) < 4.78 is 0. The maximum Gasteiger partial charge on any atom is 0.172 e. The van der Waals surface area contributed by atoms with Crippen LogP contribution >= 0.6 is 0 Å². The van der Waals surface area contributed by atoms with Crippen molar-refractivity contribution >= 4 is 23.5 Å². The summed E-state index contributed by atoms with van der Waals surface area (Å²) in [6, 6.07) is 10.1. The van der Waals surface area contributed by atoms with E-state index in [0.717, 1.165) is 37.4 Å². The molecule has 1 atom stereocenters. The number of nitrogens with zero attached hydrogens (tertiary/aromatic N) is 3. The summed E-state index contributed by atoms with van der Waals surface area (Å²) in [5, 5.41) is 9.01. The zero-order valence-corrected chi connectivity index (χ0v) is 16.6. The van der Waals surface area contributed by atoms with Gasteiger partial charge in [0.15, 0.2) is 5.78 Å². The number of carbonyl (C=O) groups excluding carboxylic acids is 3. The van der Waals surface area contributed by atoms with Crippen LogP contribution in [-0.2, 0) is 14.4 Å². The molecule has 1 aliphatic carbocycles. The van der Waals surface area contributed by atoms with Crippen molar-refractivity contribution in [1.82, 2.24) is 4.90 Å². The fraction of sp³-hybridized carbons (Fsp3) is 0.455. The molecule has 1 aromatic rings. The molecule has 6 nitrogen and oxygen atoms in total. The average Bonchev–Trinajstić information content (AvgIpc) is 2.72. The molecule has 1 aromatic carbocycles. The minimum absolute atomic E-state index is 0.0465. The van der Waals surface area contributed by atoms with Crippen molar-refractivity contribution in [3.8, 4) is 6.07 Å². The molecule has 28 heavy (non-hydrogen) atoms. The van der Waals surface area contributed by atoms with Gasteiger partial charge in [-0.15, -0.1) is 0 Å². The van der Waals surface area contributed by atoms with Crippen molar-refractivity contribution in [2.45, 2.75) is 26.2 Å². The lowest BCUT2D eigenvalue weighted by molar-refractivity contribution is -0.140. The second kappa shape index (κ2) is 9.43. The van der Waals surface area contributed by atoms with E-state index < -0.39 is 5.41 Å². The maximum absolute atomic E-state index is 11.6. The first-order valence-corrected chi connectivity index (χ1v) is 9.50. The highest BCUT2D eigenvalue weighted by Gasteiger charge is 2.43. The normalized spacial score (nSPS) is 22.9. The summed E-state index contributed by atoms with van der Waals surface area (Å²) >= 11 is 0. The highest BCUT2D eigenvalue weighted by atomic mass is 16.2. The number of likely N-dealkylation sites (N-methyl/N-ethyl adjacent to an activating group) is 1. The lowest BCUT2D eigenvalue weighted by Crippen LogP contribution is -2.44. The fourth-order valence-electron chi connectivity index (χ4n) is 3.52. The molecule has 2 aliphatic rings. The van der Waals surface area contributed by atoms with E-state index in [9.17, 15) is 14.4 Å². The average molecular weight is 381 g/mol. The zero-order valence-electron chi connectivity index (χ0n) is 16.6. The number of piperazine rings is 1. The van der Waals surface area contributed by atoms with Crippen molar-refractivity contribution < 1.29 is 14.4 Å². The fourth-order valence-corrected chi connectivity index (χ4v) is 3.52. The predicted molar refractivity (Wildman–Crippen MR) is 108 cm³/mol. The van der Waals surface area contributed by atoms with Gasteiger partial charge in [-0.25, -0.2) is 0 Å². The molecule has 0 aromatic heterocycles. The van der Waals surface area contributed by atoms with E-state index in [1.807, 2.05) is 24.3 Å². The lowest BCUT2D eigenvalue weighted by atomic mass is 9.70. The molecule has 0 N–H and O–H groups in total. The molecule has 2 fully saturated rings. The Balaban J connectivity index is 0.000000203. The number of carbonyl (C=O) groups is 3. The van der Waals surface area contributed by atoms with Crippen LogP contribution < -0.4 is 4.90 Å². The minimum Gasteiger partial charge on any atom is -0.368 e. The molecule has 3 rings (SSSR count). The SMILES string of the molecule is C=C1CC(=O)CC(C=O)(CC)C1=O.CN1CCN(c2ccccc2C#N)CC1. The number of nitriles is 1. The van der Waals surface area contributed by atoms with Gasteiger partial charge in [0, 0.05) is 39.0 Å². The minimum atomic E-state index is -1.10. The van der Waals surface area contributed by atoms with Gasteiger partial charge in [-0.05, 0) is 31.2 Å². The van der Waals surface area contributed by atoms with Gasteiger partial charge in [-0.1, -0.05) is 25.6 Å². The number of aldehydes is 1. The summed E-state index contributed by atoms with van der Waals surface area (Å²) in [6.45, 7) is 9.40.